The van der Waals surface area contributed by atoms with Crippen LogP contribution in [0.2, 0.25) is 0 Å². The lowest BCUT2D eigenvalue weighted by Crippen LogP contribution is -2.12. The van der Waals surface area contributed by atoms with Crippen LogP contribution in [-0.2, 0) is 4.74 Å². The van der Waals surface area contributed by atoms with Gasteiger partial charge in [-0.05, 0) is 31.2 Å². The highest BCUT2D eigenvalue weighted by Gasteiger charge is 2.16. The molecule has 0 aliphatic carbocycles. The summed E-state index contributed by atoms with van der Waals surface area (Å²) in [5, 5.41) is 9.26. The van der Waals surface area contributed by atoms with E-state index >= 15 is 0 Å². The normalized spacial score (nSPS) is 12.0. The predicted octanol–water partition coefficient (Wildman–Crippen LogP) is 2.08. The lowest BCUT2D eigenvalue weighted by molar-refractivity contribution is 0.0401. The van der Waals surface area contributed by atoms with Gasteiger partial charge >= 0.3 is 5.97 Å². The Bertz CT molecular complexity index is 610. The molecule has 1 heterocycles. The zero-order valence-corrected chi connectivity index (χ0v) is 9.14. The third kappa shape index (κ3) is 2.21. The molecule has 2 N–H and O–H groups in total. The minimum Gasteiger partial charge on any atom is -0.449 e. The topological polar surface area (TPSA) is 89.2 Å². The maximum Gasteiger partial charge on any atom is 0.375 e. The van der Waals surface area contributed by atoms with Gasteiger partial charge in [-0.1, -0.05) is 0 Å². The summed E-state index contributed by atoms with van der Waals surface area (Å²) in [6.45, 7) is 1.48. The van der Waals surface area contributed by atoms with Crippen LogP contribution in [0.5, 0.6) is 0 Å². The fourth-order valence-corrected chi connectivity index (χ4v) is 1.41. The van der Waals surface area contributed by atoms with Crippen LogP contribution in [0.1, 0.15) is 17.5 Å². The Hall–Kier alpha value is -2.48. The molecule has 0 saturated heterocycles. The molecule has 1 aromatic heterocycles. The molecule has 0 bridgehead atoms. The molecule has 0 amide bonds. The van der Waals surface area contributed by atoms with Crippen LogP contribution < -0.4 is 5.73 Å². The van der Waals surface area contributed by atoms with Gasteiger partial charge in [0.1, 0.15) is 11.7 Å². The molecule has 0 radical (unpaired) electrons. The Kier molecular flexibility index (Phi) is 2.71. The predicted molar refractivity (Wildman–Crippen MR) is 61.1 cm³/mol. The van der Waals surface area contributed by atoms with Crippen molar-refractivity contribution in [1.29, 1.82) is 5.26 Å². The van der Waals surface area contributed by atoms with E-state index in [1.807, 2.05) is 0 Å². The third-order valence-corrected chi connectivity index (χ3v) is 2.21. The number of carbonyl (C=O) groups excluding carboxylic acids is 1. The largest absolute Gasteiger partial charge is 0.449 e. The molecule has 2 aromatic rings. The number of fused-ring (bicyclic) bond motifs is 1. The smallest absolute Gasteiger partial charge is 0.375 e. The second-order valence-electron chi connectivity index (χ2n) is 3.58. The van der Waals surface area contributed by atoms with Gasteiger partial charge in [0.05, 0.1) is 0 Å². The number of rotatable bonds is 2. The van der Waals surface area contributed by atoms with Crippen molar-refractivity contribution in [2.24, 2.45) is 0 Å². The molecule has 1 atom stereocenters. The van der Waals surface area contributed by atoms with Crippen LogP contribution in [0.3, 0.4) is 0 Å². The number of nitriles is 1. The van der Waals surface area contributed by atoms with Crippen molar-refractivity contribution < 1.29 is 13.9 Å². The molecule has 2 rings (SSSR count). The first-order chi connectivity index (χ1) is 8.10. The molecule has 5 heteroatoms. The second kappa shape index (κ2) is 4.18. The van der Waals surface area contributed by atoms with E-state index in [1.165, 1.54) is 13.0 Å². The number of nitrogens with zero attached hydrogens (tertiary/aromatic N) is 1. The third-order valence-electron chi connectivity index (χ3n) is 2.21. The Morgan fingerprint density at radius 1 is 1.53 bits per heavy atom. The quantitative estimate of drug-likeness (QED) is 0.630. The summed E-state index contributed by atoms with van der Waals surface area (Å²) in [5.74, 6) is -0.596. The Balaban J connectivity index is 2.31. The Morgan fingerprint density at radius 2 is 2.29 bits per heavy atom. The van der Waals surface area contributed by atoms with Crippen LogP contribution in [0.15, 0.2) is 28.7 Å². The van der Waals surface area contributed by atoms with Gasteiger partial charge in [0, 0.05) is 11.1 Å². The summed E-state index contributed by atoms with van der Waals surface area (Å²) in [7, 11) is 0. The zero-order valence-electron chi connectivity index (χ0n) is 9.14. The number of anilines is 1. The molecular formula is C12H10N2O3. The lowest BCUT2D eigenvalue weighted by atomic mass is 10.2. The van der Waals surface area contributed by atoms with Crippen molar-refractivity contribution in [3.8, 4) is 6.07 Å². The summed E-state index contributed by atoms with van der Waals surface area (Å²) < 4.78 is 10.1. The van der Waals surface area contributed by atoms with Gasteiger partial charge in [-0.2, -0.15) is 5.26 Å². The molecule has 0 saturated carbocycles. The summed E-state index contributed by atoms with van der Waals surface area (Å²) in [5.41, 5.74) is 6.75. The molecular weight excluding hydrogens is 220 g/mol. The van der Waals surface area contributed by atoms with Gasteiger partial charge in [0.25, 0.3) is 0 Å². The number of carbonyl (C=O) groups is 1. The SMILES string of the molecule is CC(C#N)OC(=O)c1cc2cc(N)ccc2o1. The molecule has 1 unspecified atom stereocenters. The van der Waals surface area contributed by atoms with Crippen molar-refractivity contribution in [3.05, 3.63) is 30.0 Å². The van der Waals surface area contributed by atoms with E-state index in [2.05, 4.69) is 0 Å². The molecule has 0 aliphatic rings. The Morgan fingerprint density at radius 3 is 3.00 bits per heavy atom. The van der Waals surface area contributed by atoms with E-state index in [0.717, 1.165) is 5.39 Å². The number of nitrogen functional groups attached to an aromatic ring is 1. The molecule has 17 heavy (non-hydrogen) atoms. The highest BCUT2D eigenvalue weighted by Crippen LogP contribution is 2.22. The first-order valence-corrected chi connectivity index (χ1v) is 5.00. The highest BCUT2D eigenvalue weighted by molar-refractivity contribution is 5.93. The fraction of sp³-hybridized carbons (Fsp3) is 0.167. The van der Waals surface area contributed by atoms with E-state index in [4.69, 9.17) is 20.1 Å². The number of hydrogen-bond donors (Lipinski definition) is 1. The molecule has 1 aromatic carbocycles. The van der Waals surface area contributed by atoms with Crippen molar-refractivity contribution in [1.82, 2.24) is 0 Å². The van der Waals surface area contributed by atoms with E-state index in [-0.39, 0.29) is 5.76 Å². The average Bonchev–Trinajstić information content (AvgIpc) is 2.71. The number of esters is 1. The van der Waals surface area contributed by atoms with Crippen molar-refractivity contribution >= 4 is 22.6 Å². The second-order valence-corrected chi connectivity index (χ2v) is 3.58. The van der Waals surface area contributed by atoms with E-state index in [0.29, 0.717) is 11.3 Å². The maximum absolute atomic E-state index is 11.6. The van der Waals surface area contributed by atoms with Crippen molar-refractivity contribution in [2.45, 2.75) is 13.0 Å². The molecule has 86 valence electrons. The summed E-state index contributed by atoms with van der Waals surface area (Å²) in [4.78, 5) is 11.6. The van der Waals surface area contributed by atoms with Crippen LogP contribution in [-0.4, -0.2) is 12.1 Å². The van der Waals surface area contributed by atoms with Crippen LogP contribution in [0.25, 0.3) is 11.0 Å². The lowest BCUT2D eigenvalue weighted by Gasteiger charge is -2.02. The van der Waals surface area contributed by atoms with Crippen LogP contribution >= 0.6 is 0 Å². The highest BCUT2D eigenvalue weighted by atomic mass is 16.6. The monoisotopic (exact) mass is 230 g/mol. The summed E-state index contributed by atoms with van der Waals surface area (Å²) >= 11 is 0. The number of benzene rings is 1. The number of nitrogens with two attached hydrogens (primary N) is 1. The standard InChI is InChI=1S/C12H10N2O3/c1-7(6-13)16-12(15)11-5-8-4-9(14)2-3-10(8)17-11/h2-5,7H,14H2,1H3. The van der Waals surface area contributed by atoms with Gasteiger partial charge in [-0.15, -0.1) is 0 Å². The van der Waals surface area contributed by atoms with Gasteiger partial charge in [-0.25, -0.2) is 4.79 Å². The van der Waals surface area contributed by atoms with Crippen molar-refractivity contribution in [3.63, 3.8) is 0 Å². The molecule has 0 fully saturated rings. The number of furan rings is 1. The first kappa shape index (κ1) is 11.0. The Labute approximate surface area is 97.4 Å². The van der Waals surface area contributed by atoms with Gasteiger partial charge < -0.3 is 14.9 Å². The molecule has 0 spiro atoms. The van der Waals surface area contributed by atoms with Gasteiger partial charge in [0.2, 0.25) is 5.76 Å². The molecule has 0 aliphatic heterocycles. The fourth-order valence-electron chi connectivity index (χ4n) is 1.41. The van der Waals surface area contributed by atoms with Crippen LogP contribution in [0, 0.1) is 11.3 Å². The summed E-state index contributed by atoms with van der Waals surface area (Å²) in [6.07, 6.45) is -0.805. The minimum atomic E-state index is -0.805. The summed E-state index contributed by atoms with van der Waals surface area (Å²) in [6, 6.07) is 8.40. The maximum atomic E-state index is 11.6. The van der Waals surface area contributed by atoms with E-state index < -0.39 is 12.1 Å². The van der Waals surface area contributed by atoms with Gasteiger partial charge in [0.15, 0.2) is 6.10 Å². The van der Waals surface area contributed by atoms with Crippen LogP contribution in [0.4, 0.5) is 5.69 Å². The molecule has 5 nitrogen and oxygen atoms in total. The van der Waals surface area contributed by atoms with Gasteiger partial charge in [-0.3, -0.25) is 0 Å². The number of hydrogen-bond acceptors (Lipinski definition) is 5. The number of ether oxygens (including phenoxy) is 1. The minimum absolute atomic E-state index is 0.0627. The zero-order chi connectivity index (χ0) is 12.4. The van der Waals surface area contributed by atoms with Crippen molar-refractivity contribution in [2.75, 3.05) is 5.73 Å². The first-order valence-electron chi connectivity index (χ1n) is 5.00. The van der Waals surface area contributed by atoms with E-state index in [1.54, 1.807) is 24.3 Å². The average molecular weight is 230 g/mol. The van der Waals surface area contributed by atoms with E-state index in [9.17, 15) is 4.79 Å².